The number of rotatable bonds is 4. The molecule has 1 aliphatic heterocycles. The van der Waals surface area contributed by atoms with Crippen LogP contribution in [0.3, 0.4) is 0 Å². The Balaban J connectivity index is 2.08. The molecule has 1 unspecified atom stereocenters. The Morgan fingerprint density at radius 3 is 2.61 bits per heavy atom. The van der Waals surface area contributed by atoms with Crippen molar-refractivity contribution in [2.24, 2.45) is 0 Å². The molecular formula is C15H19NO2. The van der Waals surface area contributed by atoms with Crippen LogP contribution in [0.4, 0.5) is 4.79 Å². The number of amides is 1. The molecule has 18 heavy (non-hydrogen) atoms. The number of hydrogen-bond acceptors (Lipinski definition) is 2. The highest BCUT2D eigenvalue weighted by Gasteiger charge is 2.45. The van der Waals surface area contributed by atoms with E-state index in [1.165, 1.54) is 5.56 Å². The van der Waals surface area contributed by atoms with E-state index in [1.807, 2.05) is 32.0 Å². The molecule has 1 saturated heterocycles. The predicted octanol–water partition coefficient (Wildman–Crippen LogP) is 3.36. The van der Waals surface area contributed by atoms with Gasteiger partial charge < -0.3 is 4.74 Å². The lowest BCUT2D eigenvalue weighted by Gasteiger charge is -2.31. The smallest absolute Gasteiger partial charge is 0.413 e. The van der Waals surface area contributed by atoms with Gasteiger partial charge in [0.15, 0.2) is 0 Å². The second kappa shape index (κ2) is 4.84. The number of ether oxygens (including phenoxy) is 1. The summed E-state index contributed by atoms with van der Waals surface area (Å²) < 4.78 is 5.16. The van der Waals surface area contributed by atoms with Crippen LogP contribution in [-0.2, 0) is 11.2 Å². The van der Waals surface area contributed by atoms with E-state index in [2.05, 4.69) is 18.7 Å². The molecule has 1 heterocycles. The van der Waals surface area contributed by atoms with Gasteiger partial charge in [-0.2, -0.15) is 0 Å². The highest BCUT2D eigenvalue weighted by Crippen LogP contribution is 2.35. The summed E-state index contributed by atoms with van der Waals surface area (Å²) in [6.07, 6.45) is 1.37. The van der Waals surface area contributed by atoms with Gasteiger partial charge in [0.25, 0.3) is 0 Å². The van der Waals surface area contributed by atoms with Gasteiger partial charge in [-0.15, -0.1) is 0 Å². The van der Waals surface area contributed by atoms with Crippen molar-refractivity contribution in [2.45, 2.75) is 32.2 Å². The van der Waals surface area contributed by atoms with E-state index in [-0.39, 0.29) is 11.6 Å². The van der Waals surface area contributed by atoms with Crippen LogP contribution in [0.2, 0.25) is 0 Å². The quantitative estimate of drug-likeness (QED) is 0.814. The topological polar surface area (TPSA) is 29.5 Å². The van der Waals surface area contributed by atoms with E-state index in [0.29, 0.717) is 12.3 Å². The molecule has 1 aromatic rings. The van der Waals surface area contributed by atoms with Crippen LogP contribution in [0.25, 0.3) is 0 Å². The molecule has 1 aliphatic rings. The third kappa shape index (κ3) is 2.13. The van der Waals surface area contributed by atoms with E-state index < -0.39 is 0 Å². The molecule has 1 aromatic carbocycles. The Morgan fingerprint density at radius 2 is 2.00 bits per heavy atom. The zero-order valence-electron chi connectivity index (χ0n) is 11.0. The minimum Gasteiger partial charge on any atom is -0.413 e. The molecule has 0 bridgehead atoms. The summed E-state index contributed by atoms with van der Waals surface area (Å²) in [5.41, 5.74) is 0.854. The molecule has 3 nitrogen and oxygen atoms in total. The van der Waals surface area contributed by atoms with Gasteiger partial charge >= 0.3 is 6.09 Å². The summed E-state index contributed by atoms with van der Waals surface area (Å²) in [6, 6.07) is 10.1. The van der Waals surface area contributed by atoms with Crippen molar-refractivity contribution in [3.05, 3.63) is 48.2 Å². The largest absolute Gasteiger partial charge is 0.415 e. The molecular weight excluding hydrogens is 226 g/mol. The molecule has 1 amide bonds. The fraction of sp³-hybridized carbons (Fsp3) is 0.400. The molecule has 1 fully saturated rings. The zero-order valence-corrected chi connectivity index (χ0v) is 11.0. The van der Waals surface area contributed by atoms with Crippen molar-refractivity contribution in [1.82, 2.24) is 4.90 Å². The van der Waals surface area contributed by atoms with Crippen LogP contribution in [-0.4, -0.2) is 23.1 Å². The molecule has 0 radical (unpaired) electrons. The number of carbonyl (C=O) groups is 1. The van der Waals surface area contributed by atoms with Crippen LogP contribution in [0.5, 0.6) is 0 Å². The van der Waals surface area contributed by atoms with Gasteiger partial charge in [0, 0.05) is 6.54 Å². The number of cyclic esters (lactones) is 1. The lowest BCUT2D eigenvalue weighted by molar-refractivity contribution is 0.153. The number of benzene rings is 1. The fourth-order valence-corrected chi connectivity index (χ4v) is 2.23. The molecule has 0 aliphatic carbocycles. The van der Waals surface area contributed by atoms with Crippen molar-refractivity contribution in [1.29, 1.82) is 0 Å². The molecule has 0 aromatic heterocycles. The van der Waals surface area contributed by atoms with E-state index in [0.717, 1.165) is 12.8 Å². The second-order valence-corrected chi connectivity index (χ2v) is 4.81. The van der Waals surface area contributed by atoms with Gasteiger partial charge in [0.2, 0.25) is 0 Å². The van der Waals surface area contributed by atoms with Crippen molar-refractivity contribution in [3.8, 4) is 0 Å². The number of nitrogens with zero attached hydrogens (tertiary/aromatic N) is 1. The average Bonchev–Trinajstić information content (AvgIpc) is 2.60. The molecule has 1 atom stereocenters. The van der Waals surface area contributed by atoms with Crippen LogP contribution in [0, 0.1) is 0 Å². The molecule has 0 spiro atoms. The number of hydrogen-bond donors (Lipinski definition) is 0. The third-order valence-electron chi connectivity index (χ3n) is 3.78. The minimum atomic E-state index is -0.369. The average molecular weight is 245 g/mol. The first-order valence-electron chi connectivity index (χ1n) is 6.30. The van der Waals surface area contributed by atoms with Crippen molar-refractivity contribution >= 4 is 6.09 Å². The summed E-state index contributed by atoms with van der Waals surface area (Å²) in [4.78, 5) is 13.6. The maximum atomic E-state index is 11.8. The molecule has 2 rings (SSSR count). The highest BCUT2D eigenvalue weighted by molar-refractivity contribution is 5.74. The zero-order chi connectivity index (χ0) is 13.2. The van der Waals surface area contributed by atoms with Gasteiger partial charge in [-0.25, -0.2) is 4.79 Å². The summed E-state index contributed by atoms with van der Waals surface area (Å²) >= 11 is 0. The maximum absolute atomic E-state index is 11.8. The molecule has 0 N–H and O–H groups in total. The van der Waals surface area contributed by atoms with Gasteiger partial charge in [-0.1, -0.05) is 43.8 Å². The Kier molecular flexibility index (Phi) is 3.41. The van der Waals surface area contributed by atoms with E-state index in [4.69, 9.17) is 4.74 Å². The third-order valence-corrected chi connectivity index (χ3v) is 3.78. The first kappa shape index (κ1) is 12.7. The van der Waals surface area contributed by atoms with Crippen LogP contribution >= 0.6 is 0 Å². The fourth-order valence-electron chi connectivity index (χ4n) is 2.23. The summed E-state index contributed by atoms with van der Waals surface area (Å²) in [5, 5.41) is 0. The Hall–Kier alpha value is -1.77. The van der Waals surface area contributed by atoms with E-state index in [9.17, 15) is 4.79 Å². The monoisotopic (exact) mass is 245 g/mol. The Morgan fingerprint density at radius 1 is 1.33 bits per heavy atom. The second-order valence-electron chi connectivity index (χ2n) is 4.81. The summed E-state index contributed by atoms with van der Waals surface area (Å²) in [7, 11) is 0. The van der Waals surface area contributed by atoms with Gasteiger partial charge in [-0.3, -0.25) is 4.90 Å². The SMILES string of the molecule is C=C1OC(=O)N(CCc2ccccc2)C1(C)CC. The Bertz CT molecular complexity index is 455. The summed E-state index contributed by atoms with van der Waals surface area (Å²) in [5.74, 6) is 0.558. The van der Waals surface area contributed by atoms with Gasteiger partial charge in [0.05, 0.1) is 0 Å². The highest BCUT2D eigenvalue weighted by atomic mass is 16.6. The first-order chi connectivity index (χ1) is 8.58. The maximum Gasteiger partial charge on any atom is 0.415 e. The van der Waals surface area contributed by atoms with Crippen LogP contribution in [0.1, 0.15) is 25.8 Å². The lowest BCUT2D eigenvalue weighted by atomic mass is 9.95. The first-order valence-corrected chi connectivity index (χ1v) is 6.30. The minimum absolute atomic E-state index is 0.278. The van der Waals surface area contributed by atoms with Crippen molar-refractivity contribution in [2.75, 3.05) is 6.54 Å². The number of carbonyl (C=O) groups excluding carboxylic acids is 1. The van der Waals surface area contributed by atoms with Crippen LogP contribution < -0.4 is 0 Å². The summed E-state index contributed by atoms with van der Waals surface area (Å²) in [6.45, 7) is 8.56. The molecule has 96 valence electrons. The standard InChI is InChI=1S/C15H19NO2/c1-4-15(3)12(2)18-14(17)16(15)11-10-13-8-6-5-7-9-13/h5-9H,2,4,10-11H2,1,3H3. The van der Waals surface area contributed by atoms with E-state index in [1.54, 1.807) is 4.90 Å². The van der Waals surface area contributed by atoms with Crippen molar-refractivity contribution < 1.29 is 9.53 Å². The van der Waals surface area contributed by atoms with Gasteiger partial charge in [-0.05, 0) is 25.3 Å². The van der Waals surface area contributed by atoms with Crippen molar-refractivity contribution in [3.63, 3.8) is 0 Å². The molecule has 3 heteroatoms. The normalized spacial score (nSPS) is 23.3. The van der Waals surface area contributed by atoms with Gasteiger partial charge in [0.1, 0.15) is 11.3 Å². The van der Waals surface area contributed by atoms with Crippen LogP contribution in [0.15, 0.2) is 42.7 Å². The molecule has 0 saturated carbocycles. The van der Waals surface area contributed by atoms with E-state index >= 15 is 0 Å². The Labute approximate surface area is 108 Å². The predicted molar refractivity (Wildman–Crippen MR) is 71.2 cm³/mol. The lowest BCUT2D eigenvalue weighted by Crippen LogP contribution is -2.44.